The molecule has 1 aromatic rings. The summed E-state index contributed by atoms with van der Waals surface area (Å²) in [6.45, 7) is 0.187. The first kappa shape index (κ1) is 14.1. The largest absolute Gasteiger partial charge is 0.489 e. The van der Waals surface area contributed by atoms with Crippen LogP contribution in [0.5, 0.6) is 5.75 Å². The van der Waals surface area contributed by atoms with Gasteiger partial charge in [0.2, 0.25) is 0 Å². The van der Waals surface area contributed by atoms with Crippen LogP contribution >= 0.6 is 27.5 Å². The molecule has 0 heterocycles. The van der Waals surface area contributed by atoms with Gasteiger partial charge in [0.25, 0.3) is 0 Å². The molecular formula is C13H15BrClFO2. The highest BCUT2D eigenvalue weighted by Gasteiger charge is 2.30. The van der Waals surface area contributed by atoms with Crippen LogP contribution in [-0.2, 0) is 0 Å². The molecule has 1 aliphatic rings. The molecule has 1 fully saturated rings. The Hall–Kier alpha value is -0.320. The predicted molar refractivity (Wildman–Crippen MR) is 72.6 cm³/mol. The summed E-state index contributed by atoms with van der Waals surface area (Å²) in [5.74, 6) is -0.151. The van der Waals surface area contributed by atoms with Crippen LogP contribution in [0.1, 0.15) is 32.1 Å². The summed E-state index contributed by atoms with van der Waals surface area (Å²) in [4.78, 5) is 0. The number of benzene rings is 1. The van der Waals surface area contributed by atoms with E-state index >= 15 is 0 Å². The van der Waals surface area contributed by atoms with Crippen molar-refractivity contribution in [2.24, 2.45) is 0 Å². The molecule has 0 amide bonds. The minimum Gasteiger partial charge on any atom is -0.489 e. The summed E-state index contributed by atoms with van der Waals surface area (Å²) in [6, 6.07) is 2.69. The molecule has 2 rings (SSSR count). The van der Waals surface area contributed by atoms with Gasteiger partial charge < -0.3 is 9.84 Å². The predicted octanol–water partition coefficient (Wildman–Crippen LogP) is 4.32. The number of hydrogen-bond acceptors (Lipinski definition) is 2. The third-order valence-corrected chi connectivity index (χ3v) is 4.16. The third kappa shape index (κ3) is 3.37. The number of halogens is 3. The fourth-order valence-corrected chi connectivity index (χ4v) is 2.93. The minimum absolute atomic E-state index is 0.0469. The Morgan fingerprint density at radius 3 is 2.67 bits per heavy atom. The average Bonchev–Trinajstić information content (AvgIpc) is 2.33. The van der Waals surface area contributed by atoms with Crippen molar-refractivity contribution in [1.82, 2.24) is 0 Å². The van der Waals surface area contributed by atoms with Crippen LogP contribution in [0.15, 0.2) is 16.6 Å². The molecule has 0 atom stereocenters. The van der Waals surface area contributed by atoms with Crippen molar-refractivity contribution in [1.29, 1.82) is 0 Å². The Kier molecular flexibility index (Phi) is 4.51. The van der Waals surface area contributed by atoms with E-state index in [1.807, 2.05) is 0 Å². The Morgan fingerprint density at radius 1 is 1.33 bits per heavy atom. The van der Waals surface area contributed by atoms with Crippen molar-refractivity contribution in [3.63, 3.8) is 0 Å². The van der Waals surface area contributed by atoms with Gasteiger partial charge in [0.05, 0.1) is 15.1 Å². The van der Waals surface area contributed by atoms with Crippen molar-refractivity contribution < 1.29 is 14.2 Å². The first-order chi connectivity index (χ1) is 8.50. The Labute approximate surface area is 119 Å². The lowest BCUT2D eigenvalue weighted by Crippen LogP contribution is -2.37. The van der Waals surface area contributed by atoms with Crippen LogP contribution in [0.2, 0.25) is 5.02 Å². The number of aliphatic hydroxyl groups is 1. The molecule has 18 heavy (non-hydrogen) atoms. The summed E-state index contributed by atoms with van der Waals surface area (Å²) in [5.41, 5.74) is -0.784. The molecule has 0 radical (unpaired) electrons. The van der Waals surface area contributed by atoms with E-state index in [9.17, 15) is 9.50 Å². The molecule has 1 saturated carbocycles. The molecule has 0 aliphatic heterocycles. The van der Waals surface area contributed by atoms with Gasteiger partial charge >= 0.3 is 0 Å². The lowest BCUT2D eigenvalue weighted by molar-refractivity contribution is -0.0341. The zero-order chi connectivity index (χ0) is 13.2. The second-order valence-corrected chi connectivity index (χ2v) is 6.03. The van der Waals surface area contributed by atoms with Crippen LogP contribution < -0.4 is 4.74 Å². The van der Waals surface area contributed by atoms with Gasteiger partial charge in [-0.2, -0.15) is 0 Å². The van der Waals surface area contributed by atoms with Crippen molar-refractivity contribution in [3.8, 4) is 5.75 Å². The third-order valence-electron chi connectivity index (χ3n) is 3.26. The molecule has 0 aromatic heterocycles. The lowest BCUT2D eigenvalue weighted by Gasteiger charge is -2.31. The fraction of sp³-hybridized carbons (Fsp3) is 0.538. The SMILES string of the molecule is OC1(COc2cc(F)c(Cl)cc2Br)CCCCC1. The molecule has 0 saturated heterocycles. The molecule has 1 aliphatic carbocycles. The summed E-state index contributed by atoms with van der Waals surface area (Å²) in [7, 11) is 0. The summed E-state index contributed by atoms with van der Waals surface area (Å²) < 4.78 is 19.4. The topological polar surface area (TPSA) is 29.5 Å². The van der Waals surface area contributed by atoms with Crippen molar-refractivity contribution in [3.05, 3.63) is 27.4 Å². The first-order valence-electron chi connectivity index (χ1n) is 6.00. The second kappa shape index (κ2) is 5.76. The van der Waals surface area contributed by atoms with E-state index in [1.165, 1.54) is 12.1 Å². The normalized spacial score (nSPS) is 18.7. The fourth-order valence-electron chi connectivity index (χ4n) is 2.18. The first-order valence-corrected chi connectivity index (χ1v) is 7.17. The van der Waals surface area contributed by atoms with E-state index in [-0.39, 0.29) is 11.6 Å². The van der Waals surface area contributed by atoms with Crippen LogP contribution in [0.25, 0.3) is 0 Å². The number of hydrogen-bond donors (Lipinski definition) is 1. The average molecular weight is 338 g/mol. The van der Waals surface area contributed by atoms with Crippen LogP contribution in [0.3, 0.4) is 0 Å². The molecular weight excluding hydrogens is 322 g/mol. The highest BCUT2D eigenvalue weighted by Crippen LogP contribution is 2.33. The zero-order valence-electron chi connectivity index (χ0n) is 9.89. The standard InChI is InChI=1S/C13H15BrClFO2/c14-9-6-10(15)11(16)7-12(9)18-8-13(17)4-2-1-3-5-13/h6-7,17H,1-5,8H2. The van der Waals surface area contributed by atoms with Crippen molar-refractivity contribution in [2.75, 3.05) is 6.61 Å². The Balaban J connectivity index is 2.03. The lowest BCUT2D eigenvalue weighted by atomic mass is 9.85. The van der Waals surface area contributed by atoms with Gasteiger partial charge in [-0.25, -0.2) is 4.39 Å². The van der Waals surface area contributed by atoms with E-state index in [1.54, 1.807) is 0 Å². The van der Waals surface area contributed by atoms with E-state index in [2.05, 4.69) is 15.9 Å². The second-order valence-electron chi connectivity index (χ2n) is 4.77. The zero-order valence-corrected chi connectivity index (χ0v) is 12.2. The van der Waals surface area contributed by atoms with Gasteiger partial charge in [-0.05, 0) is 34.8 Å². The summed E-state index contributed by atoms with van der Waals surface area (Å²) in [6.07, 6.45) is 4.65. The smallest absolute Gasteiger partial charge is 0.145 e. The molecule has 1 aromatic carbocycles. The number of ether oxygens (including phenoxy) is 1. The van der Waals surface area contributed by atoms with Gasteiger partial charge in [-0.3, -0.25) is 0 Å². The van der Waals surface area contributed by atoms with Gasteiger partial charge in [0.1, 0.15) is 18.2 Å². The van der Waals surface area contributed by atoms with Gasteiger partial charge in [-0.15, -0.1) is 0 Å². The molecule has 5 heteroatoms. The molecule has 0 bridgehead atoms. The van der Waals surface area contributed by atoms with E-state index in [0.29, 0.717) is 10.2 Å². The molecule has 100 valence electrons. The summed E-state index contributed by atoms with van der Waals surface area (Å²) in [5, 5.41) is 10.3. The van der Waals surface area contributed by atoms with Gasteiger partial charge in [0.15, 0.2) is 0 Å². The Morgan fingerprint density at radius 2 is 2.00 bits per heavy atom. The monoisotopic (exact) mass is 336 g/mol. The van der Waals surface area contributed by atoms with Crippen LogP contribution in [-0.4, -0.2) is 17.3 Å². The molecule has 1 N–H and O–H groups in total. The number of rotatable bonds is 3. The minimum atomic E-state index is -0.784. The van der Waals surface area contributed by atoms with Gasteiger partial charge in [-0.1, -0.05) is 30.9 Å². The molecule has 2 nitrogen and oxygen atoms in total. The van der Waals surface area contributed by atoms with Crippen LogP contribution in [0, 0.1) is 5.82 Å². The van der Waals surface area contributed by atoms with E-state index in [0.717, 1.165) is 32.1 Å². The van der Waals surface area contributed by atoms with Crippen molar-refractivity contribution >= 4 is 27.5 Å². The van der Waals surface area contributed by atoms with Gasteiger partial charge in [0, 0.05) is 6.07 Å². The van der Waals surface area contributed by atoms with Crippen LogP contribution in [0.4, 0.5) is 4.39 Å². The highest BCUT2D eigenvalue weighted by atomic mass is 79.9. The van der Waals surface area contributed by atoms with E-state index in [4.69, 9.17) is 16.3 Å². The maximum absolute atomic E-state index is 13.3. The molecule has 0 spiro atoms. The van der Waals surface area contributed by atoms with Crippen molar-refractivity contribution in [2.45, 2.75) is 37.7 Å². The maximum atomic E-state index is 13.3. The highest BCUT2D eigenvalue weighted by molar-refractivity contribution is 9.10. The summed E-state index contributed by atoms with van der Waals surface area (Å²) >= 11 is 8.92. The Bertz CT molecular complexity index is 433. The molecule has 0 unspecified atom stereocenters. The van der Waals surface area contributed by atoms with E-state index < -0.39 is 11.4 Å². The quantitative estimate of drug-likeness (QED) is 0.833. The maximum Gasteiger partial charge on any atom is 0.145 e.